The highest BCUT2D eigenvalue weighted by Crippen LogP contribution is 2.13. The number of thioether (sulfide) groups is 1. The predicted octanol–water partition coefficient (Wildman–Crippen LogP) is 5.79. The second kappa shape index (κ2) is 16.2. The Morgan fingerprint density at radius 2 is 1.53 bits per heavy atom. The molecular weight excluding hydrogens is 418 g/mol. The second-order valence-corrected chi connectivity index (χ2v) is 9.31. The zero-order valence-electron chi connectivity index (χ0n) is 20.2. The van der Waals surface area contributed by atoms with Crippen LogP contribution in [0.1, 0.15) is 60.3 Å². The Balaban J connectivity index is 2.38. The lowest BCUT2D eigenvalue weighted by Gasteiger charge is -2.18. The fraction of sp³-hybridized carbons (Fsp3) is 0.462. The van der Waals surface area contributed by atoms with E-state index in [-0.39, 0.29) is 11.8 Å². The molecule has 0 saturated heterocycles. The number of hydrogen-bond acceptors (Lipinski definition) is 4. The second-order valence-electron chi connectivity index (χ2n) is 8.23. The molecule has 0 fully saturated rings. The lowest BCUT2D eigenvalue weighted by Crippen LogP contribution is -2.49. The van der Waals surface area contributed by atoms with Gasteiger partial charge in [-0.3, -0.25) is 20.4 Å². The van der Waals surface area contributed by atoms with Crippen molar-refractivity contribution < 1.29 is 9.59 Å². The van der Waals surface area contributed by atoms with Gasteiger partial charge in [0, 0.05) is 18.4 Å². The van der Waals surface area contributed by atoms with Gasteiger partial charge >= 0.3 is 0 Å². The van der Waals surface area contributed by atoms with Gasteiger partial charge in [0.05, 0.1) is 5.69 Å². The van der Waals surface area contributed by atoms with E-state index in [4.69, 9.17) is 0 Å². The van der Waals surface area contributed by atoms with Crippen LogP contribution in [0.4, 0.5) is 5.69 Å². The number of para-hydroxylation sites is 1. The number of carbonyl (C=O) groups excluding carboxylic acids is 2. The highest BCUT2D eigenvalue weighted by atomic mass is 32.2. The minimum atomic E-state index is -0.589. The number of hydrogen-bond donors (Lipinski definition) is 3. The average Bonchev–Trinajstić information content (AvgIpc) is 2.74. The Morgan fingerprint density at radius 1 is 0.906 bits per heavy atom. The SMILES string of the molecule is CC(=O)N[C@@H](CSC/C=C(\C)CC/C=C(\C)CCC=C(C)C)C(=O)NNc1ccccc1. The number of benzene rings is 1. The fourth-order valence-electron chi connectivity index (χ4n) is 2.90. The third kappa shape index (κ3) is 13.8. The van der Waals surface area contributed by atoms with Crippen LogP contribution < -0.4 is 16.2 Å². The Kier molecular flexibility index (Phi) is 14.0. The molecule has 0 unspecified atom stereocenters. The minimum Gasteiger partial charge on any atom is -0.344 e. The number of carbonyl (C=O) groups is 2. The maximum atomic E-state index is 12.5. The maximum absolute atomic E-state index is 12.5. The molecule has 0 aliphatic heterocycles. The summed E-state index contributed by atoms with van der Waals surface area (Å²) < 4.78 is 0. The topological polar surface area (TPSA) is 70.2 Å². The van der Waals surface area contributed by atoms with Crippen LogP contribution in [0, 0.1) is 0 Å². The van der Waals surface area contributed by atoms with Crippen molar-refractivity contribution in [2.45, 2.75) is 66.3 Å². The van der Waals surface area contributed by atoms with Gasteiger partial charge < -0.3 is 5.32 Å². The quantitative estimate of drug-likeness (QED) is 0.188. The average molecular weight is 458 g/mol. The molecule has 5 nitrogen and oxygen atoms in total. The van der Waals surface area contributed by atoms with Crippen LogP contribution in [0.2, 0.25) is 0 Å². The van der Waals surface area contributed by atoms with Gasteiger partial charge in [0.15, 0.2) is 0 Å². The first kappa shape index (κ1) is 27.6. The van der Waals surface area contributed by atoms with E-state index in [1.54, 1.807) is 11.8 Å². The van der Waals surface area contributed by atoms with Crippen LogP contribution in [0.25, 0.3) is 0 Å². The molecule has 3 N–H and O–H groups in total. The minimum absolute atomic E-state index is 0.219. The number of hydrazine groups is 1. The van der Waals surface area contributed by atoms with Crippen molar-refractivity contribution >= 4 is 29.3 Å². The maximum Gasteiger partial charge on any atom is 0.261 e. The molecule has 0 bridgehead atoms. The zero-order chi connectivity index (χ0) is 23.8. The summed E-state index contributed by atoms with van der Waals surface area (Å²) in [6.07, 6.45) is 11.1. The third-order valence-corrected chi connectivity index (χ3v) is 5.73. The molecule has 1 aromatic carbocycles. The summed E-state index contributed by atoms with van der Waals surface area (Å²) in [5.41, 5.74) is 10.5. The first-order chi connectivity index (χ1) is 15.3. The molecule has 0 aliphatic carbocycles. The number of anilines is 1. The summed E-state index contributed by atoms with van der Waals surface area (Å²) in [5, 5.41) is 2.73. The summed E-state index contributed by atoms with van der Waals surface area (Å²) in [7, 11) is 0. The molecule has 1 atom stereocenters. The normalized spacial score (nSPS) is 12.7. The molecule has 6 heteroatoms. The van der Waals surface area contributed by atoms with Crippen molar-refractivity contribution in [2.24, 2.45) is 0 Å². The van der Waals surface area contributed by atoms with Crippen LogP contribution >= 0.6 is 11.8 Å². The summed E-state index contributed by atoms with van der Waals surface area (Å²) in [4.78, 5) is 24.0. The smallest absolute Gasteiger partial charge is 0.261 e. The van der Waals surface area contributed by atoms with Crippen LogP contribution in [0.3, 0.4) is 0 Å². The van der Waals surface area contributed by atoms with Gasteiger partial charge in [0.1, 0.15) is 6.04 Å². The van der Waals surface area contributed by atoms with E-state index in [1.807, 2.05) is 30.3 Å². The Hall–Kier alpha value is -2.47. The first-order valence-corrected chi connectivity index (χ1v) is 12.3. The Morgan fingerprint density at radius 3 is 2.16 bits per heavy atom. The van der Waals surface area contributed by atoms with Crippen LogP contribution in [-0.4, -0.2) is 29.4 Å². The van der Waals surface area contributed by atoms with Gasteiger partial charge in [-0.1, -0.05) is 53.1 Å². The van der Waals surface area contributed by atoms with Crippen molar-refractivity contribution in [1.82, 2.24) is 10.7 Å². The van der Waals surface area contributed by atoms with E-state index >= 15 is 0 Å². The fourth-order valence-corrected chi connectivity index (χ4v) is 3.91. The standard InChI is InChI=1S/C26H39N3O2S/c1-20(2)11-9-12-21(3)13-10-14-22(4)17-18-32-19-25(27-23(5)30)26(31)29-28-24-15-7-6-8-16-24/h6-8,11,13,15-17,25,28H,9-10,12,14,18-19H2,1-5H3,(H,27,30)(H,29,31)/b21-13+,22-17+/t25-/m0/s1. The van der Waals surface area contributed by atoms with Crippen molar-refractivity contribution in [2.75, 3.05) is 16.9 Å². The zero-order valence-corrected chi connectivity index (χ0v) is 21.0. The van der Waals surface area contributed by atoms with Gasteiger partial charge in [-0.15, -0.1) is 0 Å². The largest absolute Gasteiger partial charge is 0.344 e. The molecule has 176 valence electrons. The molecule has 0 aliphatic rings. The van der Waals surface area contributed by atoms with Crippen molar-refractivity contribution in [3.63, 3.8) is 0 Å². The van der Waals surface area contributed by atoms with E-state index in [2.05, 4.69) is 62.1 Å². The molecule has 0 aromatic heterocycles. The van der Waals surface area contributed by atoms with E-state index in [0.717, 1.165) is 37.1 Å². The van der Waals surface area contributed by atoms with Crippen LogP contribution in [0.15, 0.2) is 65.3 Å². The summed E-state index contributed by atoms with van der Waals surface area (Å²) >= 11 is 1.63. The molecular formula is C26H39N3O2S. The number of amides is 2. The summed E-state index contributed by atoms with van der Waals surface area (Å²) in [5.74, 6) is 0.842. The van der Waals surface area contributed by atoms with Crippen molar-refractivity contribution in [3.05, 3.63) is 65.3 Å². The molecule has 2 amide bonds. The molecule has 0 spiro atoms. The van der Waals surface area contributed by atoms with Gasteiger partial charge in [0.2, 0.25) is 5.91 Å². The van der Waals surface area contributed by atoms with Crippen LogP contribution in [0.5, 0.6) is 0 Å². The van der Waals surface area contributed by atoms with E-state index in [0.29, 0.717) is 5.75 Å². The predicted molar refractivity (Wildman–Crippen MR) is 139 cm³/mol. The van der Waals surface area contributed by atoms with Gasteiger partial charge in [0.25, 0.3) is 5.91 Å². The molecule has 1 aromatic rings. The molecule has 32 heavy (non-hydrogen) atoms. The van der Waals surface area contributed by atoms with Gasteiger partial charge in [-0.05, 0) is 65.5 Å². The molecule has 0 heterocycles. The van der Waals surface area contributed by atoms with E-state index < -0.39 is 6.04 Å². The van der Waals surface area contributed by atoms with E-state index in [9.17, 15) is 9.59 Å². The lowest BCUT2D eigenvalue weighted by molar-refractivity contribution is -0.127. The monoisotopic (exact) mass is 457 g/mol. The number of allylic oxidation sites excluding steroid dienone is 5. The van der Waals surface area contributed by atoms with Crippen LogP contribution in [-0.2, 0) is 9.59 Å². The Bertz CT molecular complexity index is 797. The van der Waals surface area contributed by atoms with Crippen molar-refractivity contribution in [1.29, 1.82) is 0 Å². The third-order valence-electron chi connectivity index (χ3n) is 4.75. The van der Waals surface area contributed by atoms with Gasteiger partial charge in [-0.25, -0.2) is 0 Å². The molecule has 1 rings (SSSR count). The first-order valence-electron chi connectivity index (χ1n) is 11.2. The summed E-state index contributed by atoms with van der Waals surface area (Å²) in [6, 6.07) is 8.79. The number of nitrogens with one attached hydrogen (secondary N) is 3. The summed E-state index contributed by atoms with van der Waals surface area (Å²) in [6.45, 7) is 10.0. The lowest BCUT2D eigenvalue weighted by atomic mass is 10.1. The molecule has 0 radical (unpaired) electrons. The van der Waals surface area contributed by atoms with E-state index in [1.165, 1.54) is 23.6 Å². The van der Waals surface area contributed by atoms with Gasteiger partial charge in [-0.2, -0.15) is 11.8 Å². The molecule has 0 saturated carbocycles. The van der Waals surface area contributed by atoms with Crippen molar-refractivity contribution in [3.8, 4) is 0 Å². The Labute approximate surface area is 198 Å². The number of rotatable bonds is 14. The highest BCUT2D eigenvalue weighted by Gasteiger charge is 2.19. The highest BCUT2D eigenvalue weighted by molar-refractivity contribution is 7.99.